The van der Waals surface area contributed by atoms with Crippen LogP contribution >= 0.6 is 11.6 Å². The first-order valence-corrected chi connectivity index (χ1v) is 9.10. The number of aryl methyl sites for hydroxylation is 1. The molecule has 2 aromatic carbocycles. The lowest BCUT2D eigenvalue weighted by molar-refractivity contribution is -0.116. The van der Waals surface area contributed by atoms with Crippen molar-refractivity contribution in [3.8, 4) is 0 Å². The van der Waals surface area contributed by atoms with Gasteiger partial charge in [-0.05, 0) is 56.2 Å². The van der Waals surface area contributed by atoms with Gasteiger partial charge in [-0.1, -0.05) is 29.3 Å². The predicted octanol–water partition coefficient (Wildman–Crippen LogP) is 3.59. The normalized spacial score (nSPS) is 15.9. The van der Waals surface area contributed by atoms with Crippen molar-refractivity contribution >= 4 is 33.0 Å². The zero-order chi connectivity index (χ0) is 16.7. The molecule has 4 nitrogen and oxygen atoms in total. The van der Waals surface area contributed by atoms with Crippen LogP contribution < -0.4 is 5.32 Å². The number of nitrogens with one attached hydrogen (secondary N) is 1. The van der Waals surface area contributed by atoms with Gasteiger partial charge in [-0.15, -0.1) is 0 Å². The first kappa shape index (κ1) is 16.0. The molecule has 0 spiro atoms. The number of hydrogen-bond donors (Lipinski definition) is 1. The lowest BCUT2D eigenvalue weighted by Crippen LogP contribution is -2.37. The third-order valence-electron chi connectivity index (χ3n) is 4.07. The van der Waals surface area contributed by atoms with Crippen LogP contribution in [0.3, 0.4) is 0 Å². The second-order valence-electron chi connectivity index (χ2n) is 5.77. The maximum atomic E-state index is 12.8. The summed E-state index contributed by atoms with van der Waals surface area (Å²) in [4.78, 5) is 12.7. The van der Waals surface area contributed by atoms with Crippen molar-refractivity contribution in [2.45, 2.75) is 29.4 Å². The Balaban J connectivity index is 1.87. The Morgan fingerprint density at radius 2 is 1.61 bits per heavy atom. The third kappa shape index (κ3) is 2.86. The Morgan fingerprint density at radius 3 is 2.13 bits per heavy atom. The number of sulfone groups is 1. The Kier molecular flexibility index (Phi) is 3.94. The molecule has 0 saturated heterocycles. The van der Waals surface area contributed by atoms with Crippen LogP contribution in [0.4, 0.5) is 5.69 Å². The van der Waals surface area contributed by atoms with Gasteiger partial charge in [0.2, 0.25) is 5.91 Å². The highest BCUT2D eigenvalue weighted by Crippen LogP contribution is 2.47. The maximum absolute atomic E-state index is 12.8. The van der Waals surface area contributed by atoms with Gasteiger partial charge in [0.15, 0.2) is 14.6 Å². The van der Waals surface area contributed by atoms with E-state index in [-0.39, 0.29) is 4.90 Å². The molecule has 0 heterocycles. The number of hydrogen-bond acceptors (Lipinski definition) is 3. The molecule has 1 aliphatic carbocycles. The Hall–Kier alpha value is -1.85. The first-order valence-electron chi connectivity index (χ1n) is 7.23. The second-order valence-corrected chi connectivity index (χ2v) is 8.47. The summed E-state index contributed by atoms with van der Waals surface area (Å²) in [5, 5.41) is 3.23. The molecule has 1 saturated carbocycles. The topological polar surface area (TPSA) is 63.2 Å². The van der Waals surface area contributed by atoms with Gasteiger partial charge >= 0.3 is 0 Å². The van der Waals surface area contributed by atoms with Crippen LogP contribution in [0.15, 0.2) is 53.4 Å². The number of anilines is 1. The molecule has 0 atom stereocenters. The highest BCUT2D eigenvalue weighted by Gasteiger charge is 2.61. The van der Waals surface area contributed by atoms with Crippen molar-refractivity contribution in [1.29, 1.82) is 0 Å². The summed E-state index contributed by atoms with van der Waals surface area (Å²) in [6, 6.07) is 13.2. The van der Waals surface area contributed by atoms with Crippen molar-refractivity contribution in [2.24, 2.45) is 0 Å². The molecule has 6 heteroatoms. The Labute approximate surface area is 140 Å². The fourth-order valence-electron chi connectivity index (χ4n) is 2.45. The van der Waals surface area contributed by atoms with Crippen molar-refractivity contribution in [2.75, 3.05) is 5.32 Å². The first-order chi connectivity index (χ1) is 10.8. The molecule has 3 rings (SSSR count). The lowest BCUT2D eigenvalue weighted by atomic mass is 10.2. The number of carbonyl (C=O) groups is 1. The predicted molar refractivity (Wildman–Crippen MR) is 90.4 cm³/mol. The standard InChI is InChI=1S/C17H16ClNO3S/c1-12-2-8-15(9-3-12)23(21,22)17(10-11-17)16(20)19-14-6-4-13(18)5-7-14/h2-9H,10-11H2,1H3,(H,19,20). The van der Waals surface area contributed by atoms with Gasteiger partial charge in [0.05, 0.1) is 4.90 Å². The molecular weight excluding hydrogens is 334 g/mol. The van der Waals surface area contributed by atoms with Crippen molar-refractivity contribution in [3.63, 3.8) is 0 Å². The molecule has 1 N–H and O–H groups in total. The molecule has 0 aliphatic heterocycles. The molecule has 1 fully saturated rings. The Bertz CT molecular complexity index is 838. The van der Waals surface area contributed by atoms with Crippen LogP contribution in [-0.2, 0) is 14.6 Å². The molecule has 0 radical (unpaired) electrons. The van der Waals surface area contributed by atoms with E-state index in [1.54, 1.807) is 48.5 Å². The fourth-order valence-corrected chi connectivity index (χ4v) is 4.46. The third-order valence-corrected chi connectivity index (χ3v) is 6.83. The summed E-state index contributed by atoms with van der Waals surface area (Å²) in [5.41, 5.74) is 1.50. The van der Waals surface area contributed by atoms with Crippen molar-refractivity contribution < 1.29 is 13.2 Å². The molecular formula is C17H16ClNO3S. The smallest absolute Gasteiger partial charge is 0.246 e. The van der Waals surface area contributed by atoms with Crippen LogP contribution in [0.25, 0.3) is 0 Å². The summed E-state index contributed by atoms with van der Waals surface area (Å²) in [5.74, 6) is -0.486. The van der Waals surface area contributed by atoms with E-state index in [4.69, 9.17) is 11.6 Å². The minimum atomic E-state index is -3.71. The molecule has 0 unspecified atom stereocenters. The van der Waals surface area contributed by atoms with Gasteiger partial charge in [-0.2, -0.15) is 0 Å². The molecule has 120 valence electrons. The van der Waals surface area contributed by atoms with Crippen molar-refractivity contribution in [3.05, 3.63) is 59.1 Å². The molecule has 1 aliphatic rings. The summed E-state index contributed by atoms with van der Waals surface area (Å²) < 4.78 is 24.3. The summed E-state index contributed by atoms with van der Waals surface area (Å²) in [6.45, 7) is 1.89. The van der Waals surface area contributed by atoms with E-state index in [1.165, 1.54) is 0 Å². The summed E-state index contributed by atoms with van der Waals surface area (Å²) in [6.07, 6.45) is 0.672. The van der Waals surface area contributed by atoms with E-state index in [1.807, 2.05) is 6.92 Å². The molecule has 1 amide bonds. The van der Waals surface area contributed by atoms with E-state index >= 15 is 0 Å². The van der Waals surface area contributed by atoms with Crippen LogP contribution in [0.2, 0.25) is 5.02 Å². The minimum absolute atomic E-state index is 0.187. The maximum Gasteiger partial charge on any atom is 0.246 e. The van der Waals surface area contributed by atoms with Crippen LogP contribution in [-0.4, -0.2) is 19.1 Å². The average molecular weight is 350 g/mol. The summed E-state index contributed by atoms with van der Waals surface area (Å²) in [7, 11) is -3.71. The highest BCUT2D eigenvalue weighted by molar-refractivity contribution is 7.94. The number of rotatable bonds is 4. The van der Waals surface area contributed by atoms with Crippen molar-refractivity contribution in [1.82, 2.24) is 0 Å². The molecule has 2 aromatic rings. The van der Waals surface area contributed by atoms with Gasteiger partial charge in [0.1, 0.15) is 0 Å². The zero-order valence-corrected chi connectivity index (χ0v) is 14.1. The van der Waals surface area contributed by atoms with Gasteiger partial charge in [-0.3, -0.25) is 4.79 Å². The van der Waals surface area contributed by atoms with Crippen LogP contribution in [0.1, 0.15) is 18.4 Å². The van der Waals surface area contributed by atoms with Gasteiger partial charge < -0.3 is 5.32 Å². The summed E-state index contributed by atoms with van der Waals surface area (Å²) >= 11 is 5.81. The highest BCUT2D eigenvalue weighted by atomic mass is 35.5. The number of benzene rings is 2. The van der Waals surface area contributed by atoms with Gasteiger partial charge in [-0.25, -0.2) is 8.42 Å². The average Bonchev–Trinajstić information content (AvgIpc) is 3.32. The zero-order valence-electron chi connectivity index (χ0n) is 12.5. The lowest BCUT2D eigenvalue weighted by Gasteiger charge is -2.16. The quantitative estimate of drug-likeness (QED) is 0.917. The van der Waals surface area contributed by atoms with Crippen LogP contribution in [0.5, 0.6) is 0 Å². The fraction of sp³-hybridized carbons (Fsp3) is 0.235. The monoisotopic (exact) mass is 349 g/mol. The molecule has 0 aromatic heterocycles. The molecule has 23 heavy (non-hydrogen) atoms. The van der Waals surface area contributed by atoms with E-state index in [0.29, 0.717) is 23.6 Å². The number of halogens is 1. The minimum Gasteiger partial charge on any atom is -0.325 e. The van der Waals surface area contributed by atoms with Gasteiger partial charge in [0.25, 0.3) is 0 Å². The van der Waals surface area contributed by atoms with E-state index in [2.05, 4.69) is 5.32 Å². The SMILES string of the molecule is Cc1ccc(S(=O)(=O)C2(C(=O)Nc3ccc(Cl)cc3)CC2)cc1. The largest absolute Gasteiger partial charge is 0.325 e. The van der Waals surface area contributed by atoms with E-state index in [9.17, 15) is 13.2 Å². The van der Waals surface area contributed by atoms with Crippen LogP contribution in [0, 0.1) is 6.92 Å². The molecule has 0 bridgehead atoms. The van der Waals surface area contributed by atoms with E-state index in [0.717, 1.165) is 5.56 Å². The van der Waals surface area contributed by atoms with E-state index < -0.39 is 20.5 Å². The van der Waals surface area contributed by atoms with Gasteiger partial charge in [0, 0.05) is 10.7 Å². The number of amides is 1. The number of carbonyl (C=O) groups excluding carboxylic acids is 1. The second kappa shape index (κ2) is 5.65. The Morgan fingerprint density at radius 1 is 1.04 bits per heavy atom.